The van der Waals surface area contributed by atoms with E-state index < -0.39 is 0 Å². The van der Waals surface area contributed by atoms with E-state index in [0.717, 1.165) is 30.0 Å². The molecular weight excluding hydrogens is 220 g/mol. The first-order valence-electron chi connectivity index (χ1n) is 6.09. The molecular formula is C12H24N2OS. The van der Waals surface area contributed by atoms with Gasteiger partial charge >= 0.3 is 0 Å². The average Bonchev–Trinajstić information content (AvgIpc) is 2.66. The van der Waals surface area contributed by atoms with Crippen LogP contribution in [0, 0.1) is 11.8 Å². The first-order valence-corrected chi connectivity index (χ1v) is 6.49. The summed E-state index contributed by atoms with van der Waals surface area (Å²) in [7, 11) is 1.71. The van der Waals surface area contributed by atoms with Crippen LogP contribution in [0.1, 0.15) is 27.2 Å². The Bertz CT molecular complexity index is 233. The maximum absolute atomic E-state index is 5.40. The third kappa shape index (κ3) is 3.91. The van der Waals surface area contributed by atoms with E-state index in [1.54, 1.807) is 7.11 Å². The van der Waals surface area contributed by atoms with Crippen LogP contribution in [0.15, 0.2) is 0 Å². The van der Waals surface area contributed by atoms with E-state index in [2.05, 4.69) is 31.0 Å². The molecule has 94 valence electrons. The van der Waals surface area contributed by atoms with E-state index in [1.807, 2.05) is 0 Å². The normalized spacial score (nSPS) is 22.6. The summed E-state index contributed by atoms with van der Waals surface area (Å²) in [5.74, 6) is 1.54. The van der Waals surface area contributed by atoms with Crippen molar-refractivity contribution >= 4 is 17.3 Å². The molecule has 16 heavy (non-hydrogen) atoms. The van der Waals surface area contributed by atoms with Gasteiger partial charge in [0.15, 0.2) is 5.11 Å². The van der Waals surface area contributed by atoms with Gasteiger partial charge in [-0.15, -0.1) is 0 Å². The van der Waals surface area contributed by atoms with E-state index >= 15 is 0 Å². The minimum Gasteiger partial charge on any atom is -0.383 e. The summed E-state index contributed by atoms with van der Waals surface area (Å²) < 4.78 is 5.09. The number of ether oxygens (including phenoxy) is 1. The fourth-order valence-corrected chi connectivity index (χ4v) is 2.48. The molecule has 0 aliphatic carbocycles. The van der Waals surface area contributed by atoms with Crippen molar-refractivity contribution in [3.05, 3.63) is 0 Å². The predicted octanol–water partition coefficient (Wildman–Crippen LogP) is 1.87. The summed E-state index contributed by atoms with van der Waals surface area (Å²) in [5.41, 5.74) is 0. The van der Waals surface area contributed by atoms with E-state index in [4.69, 9.17) is 17.0 Å². The van der Waals surface area contributed by atoms with Gasteiger partial charge in [-0.3, -0.25) is 0 Å². The zero-order valence-electron chi connectivity index (χ0n) is 10.8. The molecule has 0 spiro atoms. The lowest BCUT2D eigenvalue weighted by atomic mass is 9.95. The van der Waals surface area contributed by atoms with Gasteiger partial charge in [-0.1, -0.05) is 13.8 Å². The summed E-state index contributed by atoms with van der Waals surface area (Å²) in [6.07, 6.45) is 1.26. The van der Waals surface area contributed by atoms with Gasteiger partial charge in [0.25, 0.3) is 0 Å². The van der Waals surface area contributed by atoms with Gasteiger partial charge in [0.2, 0.25) is 0 Å². The molecule has 1 aliphatic heterocycles. The number of thiocarbonyl (C=S) groups is 1. The lowest BCUT2D eigenvalue weighted by Crippen LogP contribution is -2.44. The van der Waals surface area contributed by atoms with E-state index in [-0.39, 0.29) is 6.04 Å². The second-order valence-electron chi connectivity index (χ2n) is 5.04. The van der Waals surface area contributed by atoms with Crippen LogP contribution in [-0.4, -0.2) is 42.9 Å². The molecule has 0 aromatic carbocycles. The Morgan fingerprint density at radius 1 is 1.50 bits per heavy atom. The minimum absolute atomic E-state index is 0.288. The van der Waals surface area contributed by atoms with E-state index in [1.165, 1.54) is 6.42 Å². The van der Waals surface area contributed by atoms with Crippen LogP contribution in [0.5, 0.6) is 0 Å². The fraction of sp³-hybridized carbons (Fsp3) is 0.917. The Hall–Kier alpha value is -0.350. The van der Waals surface area contributed by atoms with Crippen LogP contribution in [0.2, 0.25) is 0 Å². The zero-order chi connectivity index (χ0) is 12.1. The van der Waals surface area contributed by atoms with Gasteiger partial charge in [0.1, 0.15) is 0 Å². The Morgan fingerprint density at radius 3 is 2.69 bits per heavy atom. The summed E-state index contributed by atoms with van der Waals surface area (Å²) in [6, 6.07) is 0.288. The third-order valence-corrected chi connectivity index (χ3v) is 3.62. The van der Waals surface area contributed by atoms with Crippen molar-refractivity contribution in [1.29, 1.82) is 0 Å². The van der Waals surface area contributed by atoms with Crippen LogP contribution in [0.4, 0.5) is 0 Å². The van der Waals surface area contributed by atoms with Gasteiger partial charge in [0, 0.05) is 26.2 Å². The maximum Gasteiger partial charge on any atom is 0.169 e. The van der Waals surface area contributed by atoms with Gasteiger partial charge in [0.05, 0.1) is 6.61 Å². The molecule has 1 saturated heterocycles. The van der Waals surface area contributed by atoms with Crippen molar-refractivity contribution in [3.8, 4) is 0 Å². The van der Waals surface area contributed by atoms with E-state index in [9.17, 15) is 0 Å². The van der Waals surface area contributed by atoms with Crippen molar-refractivity contribution in [3.63, 3.8) is 0 Å². The molecule has 0 aromatic rings. The monoisotopic (exact) mass is 244 g/mol. The van der Waals surface area contributed by atoms with Crippen LogP contribution < -0.4 is 5.32 Å². The Balaban J connectivity index is 2.33. The molecule has 4 heteroatoms. The Labute approximate surface area is 105 Å². The second kappa shape index (κ2) is 6.40. The highest BCUT2D eigenvalue weighted by molar-refractivity contribution is 7.80. The molecule has 1 N–H and O–H groups in total. The Morgan fingerprint density at radius 2 is 2.19 bits per heavy atom. The topological polar surface area (TPSA) is 24.5 Å². The quantitative estimate of drug-likeness (QED) is 0.763. The van der Waals surface area contributed by atoms with Crippen LogP contribution in [0.3, 0.4) is 0 Å². The number of nitrogens with zero attached hydrogens (tertiary/aromatic N) is 1. The molecule has 0 amide bonds. The summed E-state index contributed by atoms with van der Waals surface area (Å²) in [6.45, 7) is 9.56. The molecule has 3 nitrogen and oxygen atoms in total. The summed E-state index contributed by atoms with van der Waals surface area (Å²) >= 11 is 5.40. The molecule has 1 fully saturated rings. The zero-order valence-corrected chi connectivity index (χ0v) is 11.6. The second-order valence-corrected chi connectivity index (χ2v) is 5.43. The number of likely N-dealkylation sites (tertiary alicyclic amines) is 1. The number of hydrogen-bond acceptors (Lipinski definition) is 2. The van der Waals surface area contributed by atoms with Gasteiger partial charge < -0.3 is 15.0 Å². The van der Waals surface area contributed by atoms with Gasteiger partial charge in [-0.25, -0.2) is 0 Å². The minimum atomic E-state index is 0.288. The SMILES string of the molecule is COCC(C)NC(=S)N1CCC(C(C)C)C1. The Kier molecular flexibility index (Phi) is 5.49. The predicted molar refractivity (Wildman–Crippen MR) is 71.6 cm³/mol. The van der Waals surface area contributed by atoms with Crippen molar-refractivity contribution < 1.29 is 4.74 Å². The van der Waals surface area contributed by atoms with Crippen molar-refractivity contribution in [2.45, 2.75) is 33.2 Å². The molecule has 1 heterocycles. The first kappa shape index (κ1) is 13.7. The average molecular weight is 244 g/mol. The summed E-state index contributed by atoms with van der Waals surface area (Å²) in [4.78, 5) is 2.28. The first-order chi connectivity index (χ1) is 7.54. The summed E-state index contributed by atoms with van der Waals surface area (Å²) in [5, 5.41) is 4.20. The highest BCUT2D eigenvalue weighted by Gasteiger charge is 2.26. The standard InChI is InChI=1S/C12H24N2OS/c1-9(2)11-5-6-14(7-11)12(16)13-10(3)8-15-4/h9-11H,5-8H2,1-4H3,(H,13,16). The molecule has 0 saturated carbocycles. The highest BCUT2D eigenvalue weighted by atomic mass is 32.1. The fourth-order valence-electron chi connectivity index (χ4n) is 2.11. The number of methoxy groups -OCH3 is 1. The highest BCUT2D eigenvalue weighted by Crippen LogP contribution is 2.23. The lowest BCUT2D eigenvalue weighted by molar-refractivity contribution is 0.178. The van der Waals surface area contributed by atoms with E-state index in [0.29, 0.717) is 6.61 Å². The van der Waals surface area contributed by atoms with Crippen molar-refractivity contribution in [2.24, 2.45) is 11.8 Å². The largest absolute Gasteiger partial charge is 0.383 e. The molecule has 1 aliphatic rings. The van der Waals surface area contributed by atoms with Crippen LogP contribution in [-0.2, 0) is 4.74 Å². The van der Waals surface area contributed by atoms with Crippen molar-refractivity contribution in [1.82, 2.24) is 10.2 Å². The molecule has 2 atom stereocenters. The molecule has 2 unspecified atom stereocenters. The van der Waals surface area contributed by atoms with Crippen LogP contribution in [0.25, 0.3) is 0 Å². The lowest BCUT2D eigenvalue weighted by Gasteiger charge is -2.24. The number of hydrogen-bond donors (Lipinski definition) is 1. The molecule has 0 radical (unpaired) electrons. The maximum atomic E-state index is 5.40. The van der Waals surface area contributed by atoms with Gasteiger partial charge in [-0.2, -0.15) is 0 Å². The van der Waals surface area contributed by atoms with Crippen molar-refractivity contribution in [2.75, 3.05) is 26.8 Å². The molecule has 1 rings (SSSR count). The number of rotatable bonds is 4. The molecule has 0 aromatic heterocycles. The van der Waals surface area contributed by atoms with Crippen LogP contribution >= 0.6 is 12.2 Å². The number of nitrogens with one attached hydrogen (secondary N) is 1. The third-order valence-electron chi connectivity index (χ3n) is 3.24. The van der Waals surface area contributed by atoms with Gasteiger partial charge in [-0.05, 0) is 37.4 Å². The molecule has 0 bridgehead atoms. The smallest absolute Gasteiger partial charge is 0.169 e.